The van der Waals surface area contributed by atoms with E-state index in [0.29, 0.717) is 6.42 Å². The lowest BCUT2D eigenvalue weighted by atomic mass is 9.99. The molecular weight excluding hydrogens is 301 g/mol. The summed E-state index contributed by atoms with van der Waals surface area (Å²) in [6.07, 6.45) is -0.778. The standard InChI is InChI=1S/C17H20FNO4/c1-3-14(18)15(20)11(2)16(21)19-13(10-23-17(19)22)9-12-7-5-4-6-8-12/h3-8,11,13,15,20H,9-10H2,1-2H3/t11-,13-,15-/m1/s1. The van der Waals surface area contributed by atoms with E-state index in [4.69, 9.17) is 4.74 Å². The zero-order valence-electron chi connectivity index (χ0n) is 13.1. The number of halogens is 1. The summed E-state index contributed by atoms with van der Waals surface area (Å²) in [4.78, 5) is 25.4. The van der Waals surface area contributed by atoms with Crippen LogP contribution in [0.2, 0.25) is 0 Å². The molecule has 1 saturated heterocycles. The second-order valence-electron chi connectivity index (χ2n) is 5.54. The van der Waals surface area contributed by atoms with Gasteiger partial charge in [-0.2, -0.15) is 0 Å². The van der Waals surface area contributed by atoms with Crippen LogP contribution in [0.4, 0.5) is 9.18 Å². The first-order valence-corrected chi connectivity index (χ1v) is 7.49. The number of carbonyl (C=O) groups excluding carboxylic acids is 2. The molecule has 1 aromatic carbocycles. The maximum Gasteiger partial charge on any atom is 0.416 e. The van der Waals surface area contributed by atoms with Crippen molar-refractivity contribution in [2.45, 2.75) is 32.4 Å². The first kappa shape index (κ1) is 17.1. The van der Waals surface area contributed by atoms with Gasteiger partial charge in [-0.25, -0.2) is 14.1 Å². The number of aliphatic hydroxyl groups is 1. The zero-order valence-corrected chi connectivity index (χ0v) is 13.1. The molecule has 6 heteroatoms. The van der Waals surface area contributed by atoms with Crippen molar-refractivity contribution in [1.82, 2.24) is 4.90 Å². The quantitative estimate of drug-likeness (QED) is 0.904. The van der Waals surface area contributed by atoms with Crippen LogP contribution in [0.25, 0.3) is 0 Å². The molecular formula is C17H20FNO4. The van der Waals surface area contributed by atoms with Gasteiger partial charge in [0.25, 0.3) is 0 Å². The van der Waals surface area contributed by atoms with Gasteiger partial charge in [-0.1, -0.05) is 43.3 Å². The number of amides is 2. The Hall–Kier alpha value is -2.21. The molecule has 23 heavy (non-hydrogen) atoms. The Morgan fingerprint density at radius 1 is 1.48 bits per heavy atom. The van der Waals surface area contributed by atoms with E-state index in [-0.39, 0.29) is 6.61 Å². The van der Waals surface area contributed by atoms with Crippen LogP contribution in [0.3, 0.4) is 0 Å². The van der Waals surface area contributed by atoms with E-state index in [1.54, 1.807) is 0 Å². The second-order valence-corrected chi connectivity index (χ2v) is 5.54. The Morgan fingerprint density at radius 2 is 2.13 bits per heavy atom. The predicted molar refractivity (Wildman–Crippen MR) is 82.2 cm³/mol. The largest absolute Gasteiger partial charge is 0.447 e. The van der Waals surface area contributed by atoms with Crippen LogP contribution in [0.5, 0.6) is 0 Å². The average Bonchev–Trinajstić information content (AvgIpc) is 2.93. The second kappa shape index (κ2) is 7.37. The lowest BCUT2D eigenvalue weighted by Crippen LogP contribution is -2.45. The van der Waals surface area contributed by atoms with Crippen LogP contribution in [0.1, 0.15) is 19.4 Å². The SMILES string of the molecule is CC=C(F)[C@H](O)[C@@H](C)C(=O)N1C(=O)OC[C@H]1Cc1ccccc1. The molecule has 2 amide bonds. The Balaban J connectivity index is 2.14. The Morgan fingerprint density at radius 3 is 2.74 bits per heavy atom. The van der Waals surface area contributed by atoms with E-state index in [9.17, 15) is 19.1 Å². The minimum atomic E-state index is -1.57. The van der Waals surface area contributed by atoms with Crippen LogP contribution in [-0.2, 0) is 16.0 Å². The molecule has 5 nitrogen and oxygen atoms in total. The Bertz CT molecular complexity index is 602. The molecule has 0 radical (unpaired) electrons. The summed E-state index contributed by atoms with van der Waals surface area (Å²) < 4.78 is 18.5. The maximum atomic E-state index is 13.5. The summed E-state index contributed by atoms with van der Waals surface area (Å²) >= 11 is 0. The van der Waals surface area contributed by atoms with Gasteiger partial charge in [0.2, 0.25) is 5.91 Å². The number of benzene rings is 1. The minimum absolute atomic E-state index is 0.0916. The van der Waals surface area contributed by atoms with E-state index in [1.807, 2.05) is 30.3 Å². The molecule has 1 N–H and O–H groups in total. The number of rotatable bonds is 5. The van der Waals surface area contributed by atoms with Crippen molar-refractivity contribution in [3.05, 3.63) is 47.8 Å². The van der Waals surface area contributed by atoms with Crippen molar-refractivity contribution in [3.8, 4) is 0 Å². The maximum absolute atomic E-state index is 13.5. The number of ether oxygens (including phenoxy) is 1. The van der Waals surface area contributed by atoms with Gasteiger partial charge in [-0.3, -0.25) is 4.79 Å². The third-order valence-corrected chi connectivity index (χ3v) is 3.93. The molecule has 0 bridgehead atoms. The molecule has 1 aromatic rings. The highest BCUT2D eigenvalue weighted by Gasteiger charge is 2.41. The fraction of sp³-hybridized carbons (Fsp3) is 0.412. The molecule has 0 saturated carbocycles. The molecule has 0 aromatic heterocycles. The minimum Gasteiger partial charge on any atom is -0.447 e. The molecule has 1 fully saturated rings. The van der Waals surface area contributed by atoms with Gasteiger partial charge >= 0.3 is 6.09 Å². The third kappa shape index (κ3) is 3.76. The fourth-order valence-electron chi connectivity index (χ4n) is 2.53. The summed E-state index contributed by atoms with van der Waals surface area (Å²) in [5, 5.41) is 9.84. The highest BCUT2D eigenvalue weighted by Crippen LogP contribution is 2.23. The molecule has 3 atom stereocenters. The smallest absolute Gasteiger partial charge is 0.416 e. The first-order chi connectivity index (χ1) is 11.0. The average molecular weight is 321 g/mol. The number of hydrogen-bond acceptors (Lipinski definition) is 4. The van der Waals surface area contributed by atoms with Crippen molar-refractivity contribution < 1.29 is 23.8 Å². The molecule has 1 heterocycles. The first-order valence-electron chi connectivity index (χ1n) is 7.49. The van der Waals surface area contributed by atoms with Crippen LogP contribution >= 0.6 is 0 Å². The molecule has 0 unspecified atom stereocenters. The molecule has 124 valence electrons. The van der Waals surface area contributed by atoms with Crippen LogP contribution in [0, 0.1) is 5.92 Å². The molecule has 2 rings (SSSR count). The van der Waals surface area contributed by atoms with Crippen LogP contribution in [-0.4, -0.2) is 40.8 Å². The van der Waals surface area contributed by atoms with Crippen molar-refractivity contribution in [2.75, 3.05) is 6.61 Å². The number of carbonyl (C=O) groups is 2. The normalized spacial score (nSPS) is 21.0. The summed E-state index contributed by atoms with van der Waals surface area (Å²) in [6, 6.07) is 8.94. The summed E-state index contributed by atoms with van der Waals surface area (Å²) in [6.45, 7) is 2.91. The van der Waals surface area contributed by atoms with E-state index in [1.165, 1.54) is 13.8 Å². The molecule has 1 aliphatic rings. The van der Waals surface area contributed by atoms with E-state index >= 15 is 0 Å². The van der Waals surface area contributed by atoms with Crippen molar-refractivity contribution in [2.24, 2.45) is 5.92 Å². The van der Waals surface area contributed by atoms with Gasteiger partial charge in [0.1, 0.15) is 18.5 Å². The fourth-order valence-corrected chi connectivity index (χ4v) is 2.53. The molecule has 0 aliphatic carbocycles. The lowest BCUT2D eigenvalue weighted by Gasteiger charge is -2.25. The topological polar surface area (TPSA) is 66.8 Å². The number of cyclic esters (lactones) is 1. The summed E-state index contributed by atoms with van der Waals surface area (Å²) in [5.74, 6) is -2.51. The van der Waals surface area contributed by atoms with Crippen LogP contribution < -0.4 is 0 Å². The van der Waals surface area contributed by atoms with E-state index in [0.717, 1.165) is 16.5 Å². The number of nitrogens with zero attached hydrogens (tertiary/aromatic N) is 1. The zero-order chi connectivity index (χ0) is 17.0. The summed E-state index contributed by atoms with van der Waals surface area (Å²) in [7, 11) is 0. The van der Waals surface area contributed by atoms with Gasteiger partial charge < -0.3 is 9.84 Å². The predicted octanol–water partition coefficient (Wildman–Crippen LogP) is 2.45. The van der Waals surface area contributed by atoms with Gasteiger partial charge in [0, 0.05) is 0 Å². The lowest BCUT2D eigenvalue weighted by molar-refractivity contribution is -0.135. The number of hydrogen-bond donors (Lipinski definition) is 1. The van der Waals surface area contributed by atoms with Gasteiger partial charge in [0.05, 0.1) is 12.0 Å². The highest BCUT2D eigenvalue weighted by molar-refractivity contribution is 5.95. The van der Waals surface area contributed by atoms with E-state index < -0.39 is 35.9 Å². The van der Waals surface area contributed by atoms with Gasteiger partial charge in [-0.15, -0.1) is 0 Å². The van der Waals surface area contributed by atoms with Crippen LogP contribution in [0.15, 0.2) is 42.2 Å². The highest BCUT2D eigenvalue weighted by atomic mass is 19.1. The summed E-state index contributed by atoms with van der Waals surface area (Å²) in [5.41, 5.74) is 0.960. The third-order valence-electron chi connectivity index (χ3n) is 3.93. The Labute approximate surface area is 134 Å². The molecule has 0 spiro atoms. The molecule has 1 aliphatic heterocycles. The van der Waals surface area contributed by atoms with Crippen molar-refractivity contribution in [3.63, 3.8) is 0 Å². The Kier molecular flexibility index (Phi) is 5.50. The number of allylic oxidation sites excluding steroid dienone is 1. The van der Waals surface area contributed by atoms with Crippen molar-refractivity contribution >= 4 is 12.0 Å². The number of imide groups is 1. The van der Waals surface area contributed by atoms with Gasteiger partial charge in [-0.05, 0) is 18.9 Å². The monoisotopic (exact) mass is 321 g/mol. The van der Waals surface area contributed by atoms with E-state index in [2.05, 4.69) is 0 Å². The van der Waals surface area contributed by atoms with Gasteiger partial charge in [0.15, 0.2) is 0 Å². The number of aliphatic hydroxyl groups excluding tert-OH is 1. The van der Waals surface area contributed by atoms with Crippen molar-refractivity contribution in [1.29, 1.82) is 0 Å².